The molecule has 0 bridgehead atoms. The maximum Gasteiger partial charge on any atom is 0.126 e. The van der Waals surface area contributed by atoms with Crippen LogP contribution in [0.2, 0.25) is 0 Å². The highest BCUT2D eigenvalue weighted by molar-refractivity contribution is 5.45. The Morgan fingerprint density at radius 2 is 2.00 bits per heavy atom. The normalized spacial score (nSPS) is 12.3. The van der Waals surface area contributed by atoms with Crippen molar-refractivity contribution in [3.05, 3.63) is 28.8 Å². The van der Waals surface area contributed by atoms with Crippen LogP contribution in [0.4, 0.5) is 0 Å². The van der Waals surface area contributed by atoms with Crippen LogP contribution in [0, 0.1) is 25.2 Å². The molecule has 1 aromatic rings. The summed E-state index contributed by atoms with van der Waals surface area (Å²) in [5, 5.41) is 8.93. The summed E-state index contributed by atoms with van der Waals surface area (Å²) in [6.07, 6.45) is 0.465. The Labute approximate surface area is 104 Å². The van der Waals surface area contributed by atoms with Crippen molar-refractivity contribution in [3.8, 4) is 11.8 Å². The smallest absolute Gasteiger partial charge is 0.126 e. The largest absolute Gasteiger partial charge is 0.496 e. The molecule has 0 fully saturated rings. The van der Waals surface area contributed by atoms with Gasteiger partial charge < -0.3 is 9.64 Å². The van der Waals surface area contributed by atoms with E-state index in [1.54, 1.807) is 7.11 Å². The van der Waals surface area contributed by atoms with Gasteiger partial charge in [-0.25, -0.2) is 0 Å². The molecular formula is C14H20N2O. The maximum absolute atomic E-state index is 8.93. The fraction of sp³-hybridized carbons (Fsp3) is 0.500. The lowest BCUT2D eigenvalue weighted by atomic mass is 9.97. The van der Waals surface area contributed by atoms with Crippen LogP contribution in [0.3, 0.4) is 0 Å². The molecule has 92 valence electrons. The van der Waals surface area contributed by atoms with E-state index in [0.717, 1.165) is 16.9 Å². The number of benzene rings is 1. The lowest BCUT2D eigenvalue weighted by Gasteiger charge is -2.25. The molecule has 1 rings (SSSR count). The Kier molecular flexibility index (Phi) is 4.53. The monoisotopic (exact) mass is 232 g/mol. The molecule has 3 nitrogen and oxygen atoms in total. The molecular weight excluding hydrogens is 212 g/mol. The Hall–Kier alpha value is -1.53. The molecule has 0 spiro atoms. The topological polar surface area (TPSA) is 36.3 Å². The number of ether oxygens (including phenoxy) is 1. The average molecular weight is 232 g/mol. The van der Waals surface area contributed by atoms with Gasteiger partial charge in [0, 0.05) is 5.56 Å². The van der Waals surface area contributed by atoms with Crippen LogP contribution < -0.4 is 4.74 Å². The van der Waals surface area contributed by atoms with Crippen molar-refractivity contribution in [2.45, 2.75) is 26.3 Å². The predicted octanol–water partition coefficient (Wildman–Crippen LogP) is 2.83. The van der Waals surface area contributed by atoms with Gasteiger partial charge in [0.15, 0.2) is 0 Å². The second kappa shape index (κ2) is 5.70. The molecule has 3 heteroatoms. The Morgan fingerprint density at radius 1 is 1.35 bits per heavy atom. The van der Waals surface area contributed by atoms with E-state index in [1.165, 1.54) is 5.56 Å². The van der Waals surface area contributed by atoms with Gasteiger partial charge in [-0.3, -0.25) is 0 Å². The van der Waals surface area contributed by atoms with Gasteiger partial charge in [0.1, 0.15) is 5.75 Å². The van der Waals surface area contributed by atoms with Crippen LogP contribution in [0.15, 0.2) is 12.1 Å². The molecule has 0 saturated heterocycles. The molecule has 1 aromatic carbocycles. The van der Waals surface area contributed by atoms with E-state index in [2.05, 4.69) is 30.0 Å². The second-order valence-electron chi connectivity index (χ2n) is 4.55. The van der Waals surface area contributed by atoms with E-state index >= 15 is 0 Å². The van der Waals surface area contributed by atoms with Crippen molar-refractivity contribution >= 4 is 0 Å². The molecule has 0 aliphatic carbocycles. The van der Waals surface area contributed by atoms with Gasteiger partial charge >= 0.3 is 0 Å². The van der Waals surface area contributed by atoms with Crippen LogP contribution in [0.25, 0.3) is 0 Å². The van der Waals surface area contributed by atoms with Gasteiger partial charge in [-0.15, -0.1) is 0 Å². The van der Waals surface area contributed by atoms with Gasteiger partial charge in [0.25, 0.3) is 0 Å². The predicted molar refractivity (Wildman–Crippen MR) is 69.1 cm³/mol. The van der Waals surface area contributed by atoms with Crippen LogP contribution in [-0.4, -0.2) is 26.1 Å². The summed E-state index contributed by atoms with van der Waals surface area (Å²) < 4.78 is 5.47. The van der Waals surface area contributed by atoms with E-state index in [-0.39, 0.29) is 6.04 Å². The summed E-state index contributed by atoms with van der Waals surface area (Å²) in [5.74, 6) is 0.893. The van der Waals surface area contributed by atoms with Crippen molar-refractivity contribution in [1.29, 1.82) is 5.26 Å². The number of aryl methyl sites for hydroxylation is 2. The Balaban J connectivity index is 3.31. The lowest BCUT2D eigenvalue weighted by Crippen LogP contribution is -2.20. The standard InChI is InChI=1S/C14H20N2O/c1-10-8-11(2)14(17-5)12(9-10)13(6-7-15)16(3)4/h8-9,13H,6H2,1-5H3. The van der Waals surface area contributed by atoms with E-state index in [9.17, 15) is 0 Å². The molecule has 0 aliphatic rings. The molecule has 0 aromatic heterocycles. The number of hydrogen-bond acceptors (Lipinski definition) is 3. The van der Waals surface area contributed by atoms with Crippen LogP contribution in [0.1, 0.15) is 29.2 Å². The molecule has 1 atom stereocenters. The van der Waals surface area contributed by atoms with Gasteiger partial charge in [0.2, 0.25) is 0 Å². The van der Waals surface area contributed by atoms with Crippen molar-refractivity contribution in [1.82, 2.24) is 4.90 Å². The minimum Gasteiger partial charge on any atom is -0.496 e. The van der Waals surface area contributed by atoms with Crippen molar-refractivity contribution < 1.29 is 4.74 Å². The van der Waals surface area contributed by atoms with Crippen molar-refractivity contribution in [2.75, 3.05) is 21.2 Å². The van der Waals surface area contributed by atoms with Crippen molar-refractivity contribution in [3.63, 3.8) is 0 Å². The summed E-state index contributed by atoms with van der Waals surface area (Å²) in [4.78, 5) is 2.06. The zero-order chi connectivity index (χ0) is 13.0. The highest BCUT2D eigenvalue weighted by atomic mass is 16.5. The SMILES string of the molecule is COc1c(C)cc(C)cc1C(CC#N)N(C)C. The minimum absolute atomic E-state index is 0.0774. The molecule has 0 amide bonds. The van der Waals surface area contributed by atoms with Crippen LogP contribution in [-0.2, 0) is 0 Å². The summed E-state index contributed by atoms with van der Waals surface area (Å²) in [6.45, 7) is 4.10. The first-order valence-electron chi connectivity index (χ1n) is 5.69. The first-order chi connectivity index (χ1) is 8.01. The summed E-state index contributed by atoms with van der Waals surface area (Å²) in [5.41, 5.74) is 3.41. The number of methoxy groups -OCH3 is 1. The average Bonchev–Trinajstić information content (AvgIpc) is 2.24. The summed E-state index contributed by atoms with van der Waals surface area (Å²) in [6, 6.07) is 6.52. The molecule has 0 radical (unpaired) electrons. The van der Waals surface area contributed by atoms with Crippen LogP contribution >= 0.6 is 0 Å². The molecule has 0 N–H and O–H groups in total. The van der Waals surface area contributed by atoms with Crippen molar-refractivity contribution in [2.24, 2.45) is 0 Å². The van der Waals surface area contributed by atoms with E-state index in [0.29, 0.717) is 6.42 Å². The quantitative estimate of drug-likeness (QED) is 0.801. The van der Waals surface area contributed by atoms with E-state index in [4.69, 9.17) is 10.00 Å². The van der Waals surface area contributed by atoms with Crippen LogP contribution in [0.5, 0.6) is 5.75 Å². The van der Waals surface area contributed by atoms with Gasteiger partial charge in [-0.1, -0.05) is 17.7 Å². The number of nitriles is 1. The third kappa shape index (κ3) is 2.98. The maximum atomic E-state index is 8.93. The number of nitrogens with zero attached hydrogens (tertiary/aromatic N) is 2. The molecule has 0 heterocycles. The van der Waals surface area contributed by atoms with Gasteiger partial charge in [-0.05, 0) is 33.5 Å². The van der Waals surface area contributed by atoms with Gasteiger partial charge in [0.05, 0.1) is 25.6 Å². The highest BCUT2D eigenvalue weighted by Gasteiger charge is 2.19. The first kappa shape index (κ1) is 13.5. The molecule has 0 aliphatic heterocycles. The highest BCUT2D eigenvalue weighted by Crippen LogP contribution is 2.33. The Bertz CT molecular complexity index is 433. The lowest BCUT2D eigenvalue weighted by molar-refractivity contribution is 0.292. The molecule has 0 saturated carbocycles. The second-order valence-corrected chi connectivity index (χ2v) is 4.55. The zero-order valence-corrected chi connectivity index (χ0v) is 11.2. The first-order valence-corrected chi connectivity index (χ1v) is 5.69. The summed E-state index contributed by atoms with van der Waals surface area (Å²) in [7, 11) is 5.65. The minimum atomic E-state index is 0.0774. The molecule has 17 heavy (non-hydrogen) atoms. The van der Waals surface area contributed by atoms with Gasteiger partial charge in [-0.2, -0.15) is 5.26 Å². The number of hydrogen-bond donors (Lipinski definition) is 0. The zero-order valence-electron chi connectivity index (χ0n) is 11.2. The summed E-state index contributed by atoms with van der Waals surface area (Å²) >= 11 is 0. The number of rotatable bonds is 4. The third-order valence-electron chi connectivity index (χ3n) is 2.92. The fourth-order valence-corrected chi connectivity index (χ4v) is 2.17. The molecule has 1 unspecified atom stereocenters. The van der Waals surface area contributed by atoms with E-state index in [1.807, 2.05) is 21.0 Å². The van der Waals surface area contributed by atoms with E-state index < -0.39 is 0 Å². The fourth-order valence-electron chi connectivity index (χ4n) is 2.17. The Morgan fingerprint density at radius 3 is 2.47 bits per heavy atom. The third-order valence-corrected chi connectivity index (χ3v) is 2.92.